The van der Waals surface area contributed by atoms with Crippen LogP contribution in [0.3, 0.4) is 0 Å². The van der Waals surface area contributed by atoms with Gasteiger partial charge in [-0.3, -0.25) is 4.79 Å². The highest BCUT2D eigenvalue weighted by Gasteiger charge is 2.06. The van der Waals surface area contributed by atoms with Gasteiger partial charge in [0.25, 0.3) is 0 Å². The molecular weight excluding hydrogens is 288 g/mol. The number of halogens is 2. The van der Waals surface area contributed by atoms with Gasteiger partial charge >= 0.3 is 0 Å². The van der Waals surface area contributed by atoms with Gasteiger partial charge in [-0.1, -0.05) is 11.6 Å². The predicted molar refractivity (Wildman–Crippen MR) is 64.0 cm³/mol. The van der Waals surface area contributed by atoms with Gasteiger partial charge in [-0.15, -0.1) is 0 Å². The van der Waals surface area contributed by atoms with Gasteiger partial charge in [-0.05, 0) is 28.3 Å². The number of hydrogen-bond donors (Lipinski definition) is 1. The summed E-state index contributed by atoms with van der Waals surface area (Å²) in [7, 11) is 0. The topological polar surface area (TPSA) is 42.0 Å². The van der Waals surface area contributed by atoms with Crippen LogP contribution < -0.4 is 5.32 Å². The zero-order valence-electron chi connectivity index (χ0n) is 7.38. The summed E-state index contributed by atoms with van der Waals surface area (Å²) in [5, 5.41) is 3.19. The Morgan fingerprint density at radius 1 is 1.79 bits per heavy atom. The molecule has 0 bridgehead atoms. The Kier molecular flexibility index (Phi) is 4.71. The van der Waals surface area contributed by atoms with Gasteiger partial charge < -0.3 is 5.32 Å². The van der Waals surface area contributed by atoms with Crippen molar-refractivity contribution in [3.63, 3.8) is 0 Å². The fraction of sp³-hybridized carbons (Fsp3) is 0.250. The number of anilines is 1. The molecule has 0 saturated heterocycles. The summed E-state index contributed by atoms with van der Waals surface area (Å²) in [5.41, 5.74) is 0.594. The molecule has 6 heteroatoms. The lowest BCUT2D eigenvalue weighted by Crippen LogP contribution is -2.14. The van der Waals surface area contributed by atoms with Gasteiger partial charge in [-0.2, -0.15) is 11.8 Å². The third-order valence-corrected chi connectivity index (χ3v) is 2.74. The van der Waals surface area contributed by atoms with Crippen LogP contribution in [0.25, 0.3) is 0 Å². The van der Waals surface area contributed by atoms with Crippen LogP contribution in [0.5, 0.6) is 0 Å². The van der Waals surface area contributed by atoms with Crippen LogP contribution in [0.2, 0.25) is 5.02 Å². The molecule has 0 atom stereocenters. The maximum absolute atomic E-state index is 11.3. The largest absolute Gasteiger partial charge is 0.323 e. The standard InChI is InChI=1S/C8H8BrClN2OS/c1-14-4-7(13)12-6-2-5(10)3-11-8(6)9/h2-3H,4H2,1H3,(H,12,13). The van der Waals surface area contributed by atoms with E-state index >= 15 is 0 Å². The van der Waals surface area contributed by atoms with Crippen LogP contribution >= 0.6 is 39.3 Å². The van der Waals surface area contributed by atoms with E-state index in [4.69, 9.17) is 11.6 Å². The van der Waals surface area contributed by atoms with Crippen molar-refractivity contribution in [2.24, 2.45) is 0 Å². The Hall–Kier alpha value is -0.260. The Morgan fingerprint density at radius 3 is 3.14 bits per heavy atom. The molecule has 0 aliphatic heterocycles. The van der Waals surface area contributed by atoms with Crippen LogP contribution in [0.4, 0.5) is 5.69 Å². The number of thioether (sulfide) groups is 1. The van der Waals surface area contributed by atoms with E-state index in [2.05, 4.69) is 26.2 Å². The van der Waals surface area contributed by atoms with Crippen LogP contribution in [0.15, 0.2) is 16.9 Å². The van der Waals surface area contributed by atoms with Crippen molar-refractivity contribution in [1.29, 1.82) is 0 Å². The van der Waals surface area contributed by atoms with Crippen molar-refractivity contribution in [2.45, 2.75) is 0 Å². The molecule has 0 aliphatic rings. The zero-order valence-corrected chi connectivity index (χ0v) is 10.5. The molecule has 0 unspecified atom stereocenters. The lowest BCUT2D eigenvalue weighted by Gasteiger charge is -2.05. The molecule has 0 radical (unpaired) electrons. The van der Waals surface area contributed by atoms with Crippen LogP contribution in [-0.4, -0.2) is 22.9 Å². The van der Waals surface area contributed by atoms with E-state index in [0.717, 1.165) is 0 Å². The van der Waals surface area contributed by atoms with Gasteiger partial charge in [0, 0.05) is 6.20 Å². The van der Waals surface area contributed by atoms with Crippen LogP contribution in [0.1, 0.15) is 0 Å². The number of aromatic nitrogens is 1. The summed E-state index contributed by atoms with van der Waals surface area (Å²) in [6.07, 6.45) is 3.38. The van der Waals surface area contributed by atoms with E-state index in [1.54, 1.807) is 6.07 Å². The minimum Gasteiger partial charge on any atom is -0.323 e. The third kappa shape index (κ3) is 3.48. The maximum Gasteiger partial charge on any atom is 0.234 e. The van der Waals surface area contributed by atoms with Crippen molar-refractivity contribution in [3.05, 3.63) is 21.9 Å². The van der Waals surface area contributed by atoms with Gasteiger partial charge in [0.05, 0.1) is 16.5 Å². The first-order valence-electron chi connectivity index (χ1n) is 3.73. The van der Waals surface area contributed by atoms with Crippen molar-refractivity contribution < 1.29 is 4.79 Å². The number of carbonyl (C=O) groups is 1. The van der Waals surface area contributed by atoms with Gasteiger partial charge in [-0.25, -0.2) is 4.98 Å². The number of nitrogens with one attached hydrogen (secondary N) is 1. The van der Waals surface area contributed by atoms with Gasteiger partial charge in [0.1, 0.15) is 4.60 Å². The first-order valence-corrected chi connectivity index (χ1v) is 6.30. The summed E-state index contributed by atoms with van der Waals surface area (Å²) in [6.45, 7) is 0. The Balaban J connectivity index is 2.75. The van der Waals surface area contributed by atoms with E-state index in [1.165, 1.54) is 18.0 Å². The second-order valence-corrected chi connectivity index (χ2v) is 4.53. The molecule has 1 N–H and O–H groups in total. The molecule has 0 aromatic carbocycles. The van der Waals surface area contributed by atoms with Gasteiger partial charge in [0.2, 0.25) is 5.91 Å². The number of carbonyl (C=O) groups excluding carboxylic acids is 1. The summed E-state index contributed by atoms with van der Waals surface area (Å²) < 4.78 is 0.580. The van der Waals surface area contributed by atoms with Gasteiger partial charge in [0.15, 0.2) is 0 Å². The molecule has 76 valence electrons. The van der Waals surface area contributed by atoms with Crippen molar-refractivity contribution >= 4 is 50.9 Å². The summed E-state index contributed by atoms with van der Waals surface area (Å²) in [4.78, 5) is 15.2. The zero-order chi connectivity index (χ0) is 10.6. The van der Waals surface area contributed by atoms with E-state index in [-0.39, 0.29) is 5.91 Å². The second-order valence-electron chi connectivity index (χ2n) is 2.47. The third-order valence-electron chi connectivity index (χ3n) is 1.36. The van der Waals surface area contributed by atoms with Crippen molar-refractivity contribution in [1.82, 2.24) is 4.98 Å². The van der Waals surface area contributed by atoms with Crippen molar-refractivity contribution in [2.75, 3.05) is 17.3 Å². The maximum atomic E-state index is 11.3. The SMILES string of the molecule is CSCC(=O)Nc1cc(Cl)cnc1Br. The monoisotopic (exact) mass is 294 g/mol. The molecule has 0 aliphatic carbocycles. The molecular formula is C8H8BrClN2OS. The highest BCUT2D eigenvalue weighted by molar-refractivity contribution is 9.10. The molecule has 3 nitrogen and oxygen atoms in total. The lowest BCUT2D eigenvalue weighted by molar-refractivity contribution is -0.113. The molecule has 1 aromatic rings. The molecule has 1 aromatic heterocycles. The Morgan fingerprint density at radius 2 is 2.50 bits per heavy atom. The van der Waals surface area contributed by atoms with E-state index < -0.39 is 0 Å². The molecule has 0 fully saturated rings. The number of rotatable bonds is 3. The summed E-state index contributed by atoms with van der Waals surface area (Å²) in [6, 6.07) is 1.65. The van der Waals surface area contributed by atoms with E-state index in [9.17, 15) is 4.79 Å². The first kappa shape index (κ1) is 11.8. The van der Waals surface area contributed by atoms with E-state index in [1.807, 2.05) is 6.26 Å². The average molecular weight is 296 g/mol. The van der Waals surface area contributed by atoms with Crippen LogP contribution in [-0.2, 0) is 4.79 Å². The van der Waals surface area contributed by atoms with Crippen molar-refractivity contribution in [3.8, 4) is 0 Å². The molecule has 14 heavy (non-hydrogen) atoms. The number of pyridine rings is 1. The minimum atomic E-state index is -0.0673. The fourth-order valence-corrected chi connectivity index (χ4v) is 1.64. The predicted octanol–water partition coefficient (Wildman–Crippen LogP) is 2.80. The smallest absolute Gasteiger partial charge is 0.234 e. The Labute approximate surface area is 99.8 Å². The molecule has 1 amide bonds. The fourth-order valence-electron chi connectivity index (χ4n) is 0.828. The average Bonchev–Trinajstić information content (AvgIpc) is 2.12. The quantitative estimate of drug-likeness (QED) is 0.872. The number of hydrogen-bond acceptors (Lipinski definition) is 3. The lowest BCUT2D eigenvalue weighted by atomic mass is 10.4. The highest BCUT2D eigenvalue weighted by Crippen LogP contribution is 2.23. The number of amides is 1. The molecule has 0 saturated carbocycles. The molecule has 1 heterocycles. The second kappa shape index (κ2) is 5.58. The normalized spacial score (nSPS) is 9.93. The Bertz CT molecular complexity index is 348. The molecule has 0 spiro atoms. The molecule has 1 rings (SSSR count). The summed E-state index contributed by atoms with van der Waals surface area (Å²) in [5.74, 6) is 0.348. The van der Waals surface area contributed by atoms with Crippen LogP contribution in [0, 0.1) is 0 Å². The van der Waals surface area contributed by atoms with E-state index in [0.29, 0.717) is 21.1 Å². The minimum absolute atomic E-state index is 0.0673. The number of nitrogens with zero attached hydrogens (tertiary/aromatic N) is 1. The summed E-state index contributed by atoms with van der Waals surface area (Å²) >= 11 is 10.4. The highest BCUT2D eigenvalue weighted by atomic mass is 79.9. The first-order chi connectivity index (χ1) is 6.63.